The summed E-state index contributed by atoms with van der Waals surface area (Å²) >= 11 is 0. The predicted molar refractivity (Wildman–Crippen MR) is 67.2 cm³/mol. The first kappa shape index (κ1) is 15.4. The number of hydrogen-bond acceptors (Lipinski definition) is 3. The van der Waals surface area contributed by atoms with Crippen molar-refractivity contribution in [2.24, 2.45) is 5.92 Å². The van der Waals surface area contributed by atoms with Gasteiger partial charge in [0, 0.05) is 12.6 Å². The van der Waals surface area contributed by atoms with E-state index < -0.39 is 5.54 Å². The summed E-state index contributed by atoms with van der Waals surface area (Å²) in [7, 11) is 0. The first-order chi connectivity index (χ1) is 7.43. The normalized spacial score (nSPS) is 16.8. The van der Waals surface area contributed by atoms with E-state index in [1.54, 1.807) is 0 Å². The van der Waals surface area contributed by atoms with Gasteiger partial charge in [-0.1, -0.05) is 20.3 Å². The van der Waals surface area contributed by atoms with E-state index in [4.69, 9.17) is 10.00 Å². The SMILES string of the molecule is CCCC(C)COCC(C)(C#N)NC(C)C. The van der Waals surface area contributed by atoms with E-state index in [0.29, 0.717) is 18.6 Å². The molecule has 0 fully saturated rings. The Bertz CT molecular complexity index is 222. The molecule has 0 aliphatic heterocycles. The summed E-state index contributed by atoms with van der Waals surface area (Å²) in [6.45, 7) is 11.5. The van der Waals surface area contributed by atoms with E-state index in [1.807, 2.05) is 20.8 Å². The summed E-state index contributed by atoms with van der Waals surface area (Å²) < 4.78 is 5.62. The molecule has 3 nitrogen and oxygen atoms in total. The summed E-state index contributed by atoms with van der Waals surface area (Å²) in [6.07, 6.45) is 2.37. The number of nitrogens with zero attached hydrogens (tertiary/aromatic N) is 1. The molecule has 16 heavy (non-hydrogen) atoms. The summed E-state index contributed by atoms with van der Waals surface area (Å²) in [5.74, 6) is 0.576. The van der Waals surface area contributed by atoms with Crippen LogP contribution in [0.3, 0.4) is 0 Å². The van der Waals surface area contributed by atoms with Gasteiger partial charge >= 0.3 is 0 Å². The Hall–Kier alpha value is -0.590. The van der Waals surface area contributed by atoms with Crippen LogP contribution >= 0.6 is 0 Å². The van der Waals surface area contributed by atoms with Crippen molar-refractivity contribution in [2.75, 3.05) is 13.2 Å². The quantitative estimate of drug-likeness (QED) is 0.692. The fourth-order valence-corrected chi connectivity index (χ4v) is 1.78. The maximum atomic E-state index is 9.11. The highest BCUT2D eigenvalue weighted by atomic mass is 16.5. The summed E-state index contributed by atoms with van der Waals surface area (Å²) in [4.78, 5) is 0. The van der Waals surface area contributed by atoms with Crippen LogP contribution in [0.4, 0.5) is 0 Å². The highest BCUT2D eigenvalue weighted by Gasteiger charge is 2.24. The molecule has 0 saturated heterocycles. The molecule has 0 aromatic heterocycles. The lowest BCUT2D eigenvalue weighted by atomic mass is 10.0. The maximum Gasteiger partial charge on any atom is 0.127 e. The molecule has 0 aromatic rings. The van der Waals surface area contributed by atoms with Crippen LogP contribution in [-0.2, 0) is 4.74 Å². The first-order valence-electron chi connectivity index (χ1n) is 6.20. The van der Waals surface area contributed by atoms with Crippen molar-refractivity contribution in [3.05, 3.63) is 0 Å². The second-order valence-electron chi connectivity index (χ2n) is 5.15. The van der Waals surface area contributed by atoms with Crippen LogP contribution in [0.25, 0.3) is 0 Å². The highest BCUT2D eigenvalue weighted by Crippen LogP contribution is 2.09. The lowest BCUT2D eigenvalue weighted by Crippen LogP contribution is -2.48. The van der Waals surface area contributed by atoms with Gasteiger partial charge in [0.1, 0.15) is 5.54 Å². The van der Waals surface area contributed by atoms with Gasteiger partial charge in [0.15, 0.2) is 0 Å². The third-order valence-electron chi connectivity index (χ3n) is 2.43. The zero-order valence-electron chi connectivity index (χ0n) is 11.3. The van der Waals surface area contributed by atoms with Crippen LogP contribution in [0.2, 0.25) is 0 Å². The maximum absolute atomic E-state index is 9.11. The molecule has 2 atom stereocenters. The fraction of sp³-hybridized carbons (Fsp3) is 0.923. The molecule has 0 bridgehead atoms. The Morgan fingerprint density at radius 3 is 2.44 bits per heavy atom. The van der Waals surface area contributed by atoms with Crippen molar-refractivity contribution in [3.8, 4) is 6.07 Å². The number of nitriles is 1. The van der Waals surface area contributed by atoms with Crippen molar-refractivity contribution in [2.45, 2.75) is 59.0 Å². The molecule has 1 N–H and O–H groups in total. The van der Waals surface area contributed by atoms with Crippen LogP contribution < -0.4 is 5.32 Å². The van der Waals surface area contributed by atoms with Crippen LogP contribution in [0, 0.1) is 17.2 Å². The summed E-state index contributed by atoms with van der Waals surface area (Å²) in [6, 6.07) is 2.57. The minimum atomic E-state index is -0.569. The average Bonchev–Trinajstić information content (AvgIpc) is 2.17. The molecule has 3 heteroatoms. The minimum Gasteiger partial charge on any atom is -0.378 e. The Balaban J connectivity index is 3.92. The first-order valence-corrected chi connectivity index (χ1v) is 6.20. The van der Waals surface area contributed by atoms with E-state index in [2.05, 4.69) is 25.2 Å². The molecular formula is C13H26N2O. The number of nitrogens with one attached hydrogen (secondary N) is 1. The lowest BCUT2D eigenvalue weighted by Gasteiger charge is -2.26. The number of ether oxygens (including phenoxy) is 1. The molecule has 0 aromatic carbocycles. The molecule has 0 heterocycles. The van der Waals surface area contributed by atoms with Gasteiger partial charge < -0.3 is 4.74 Å². The molecule has 0 aliphatic carbocycles. The molecule has 0 radical (unpaired) electrons. The van der Waals surface area contributed by atoms with E-state index in [9.17, 15) is 0 Å². The van der Waals surface area contributed by atoms with E-state index in [1.165, 1.54) is 12.8 Å². The molecule has 0 amide bonds. The minimum absolute atomic E-state index is 0.293. The molecule has 0 spiro atoms. The van der Waals surface area contributed by atoms with Crippen LogP contribution in [0.15, 0.2) is 0 Å². The second kappa shape index (κ2) is 7.65. The third-order valence-corrected chi connectivity index (χ3v) is 2.43. The zero-order chi connectivity index (χ0) is 12.6. The van der Waals surface area contributed by atoms with Crippen LogP contribution in [0.5, 0.6) is 0 Å². The highest BCUT2D eigenvalue weighted by molar-refractivity contribution is 5.04. The Kier molecular flexibility index (Phi) is 7.36. The Morgan fingerprint density at radius 1 is 1.38 bits per heavy atom. The number of hydrogen-bond donors (Lipinski definition) is 1. The molecule has 94 valence electrons. The van der Waals surface area contributed by atoms with E-state index >= 15 is 0 Å². The van der Waals surface area contributed by atoms with Gasteiger partial charge in [0.25, 0.3) is 0 Å². The Labute approximate surface area is 100 Å². The van der Waals surface area contributed by atoms with E-state index in [0.717, 1.165) is 6.61 Å². The molecule has 2 unspecified atom stereocenters. The number of rotatable bonds is 8. The smallest absolute Gasteiger partial charge is 0.127 e. The predicted octanol–water partition coefficient (Wildman–Crippen LogP) is 2.72. The Morgan fingerprint density at radius 2 is 2.00 bits per heavy atom. The molecule has 0 saturated carbocycles. The second-order valence-corrected chi connectivity index (χ2v) is 5.15. The zero-order valence-corrected chi connectivity index (χ0v) is 11.3. The topological polar surface area (TPSA) is 45.0 Å². The van der Waals surface area contributed by atoms with Crippen molar-refractivity contribution >= 4 is 0 Å². The van der Waals surface area contributed by atoms with Crippen molar-refractivity contribution in [3.63, 3.8) is 0 Å². The fourth-order valence-electron chi connectivity index (χ4n) is 1.78. The molecular weight excluding hydrogens is 200 g/mol. The summed E-state index contributed by atoms with van der Waals surface area (Å²) in [5, 5.41) is 12.3. The van der Waals surface area contributed by atoms with Gasteiger partial charge in [0.2, 0.25) is 0 Å². The van der Waals surface area contributed by atoms with Crippen molar-refractivity contribution in [1.29, 1.82) is 5.26 Å². The van der Waals surface area contributed by atoms with Gasteiger partial charge in [-0.3, -0.25) is 5.32 Å². The van der Waals surface area contributed by atoms with E-state index in [-0.39, 0.29) is 0 Å². The standard InChI is InChI=1S/C13H26N2O/c1-6-7-12(4)8-16-10-13(5,9-14)15-11(2)3/h11-12,15H,6-8,10H2,1-5H3. The van der Waals surface area contributed by atoms with Gasteiger partial charge in [-0.2, -0.15) is 5.26 Å². The lowest BCUT2D eigenvalue weighted by molar-refractivity contribution is 0.0678. The summed E-state index contributed by atoms with van der Waals surface area (Å²) in [5.41, 5.74) is -0.569. The van der Waals surface area contributed by atoms with Crippen LogP contribution in [-0.4, -0.2) is 24.8 Å². The van der Waals surface area contributed by atoms with Gasteiger partial charge in [-0.05, 0) is 33.1 Å². The van der Waals surface area contributed by atoms with Gasteiger partial charge in [-0.25, -0.2) is 0 Å². The molecule has 0 aliphatic rings. The van der Waals surface area contributed by atoms with Gasteiger partial charge in [-0.15, -0.1) is 0 Å². The largest absolute Gasteiger partial charge is 0.378 e. The monoisotopic (exact) mass is 226 g/mol. The van der Waals surface area contributed by atoms with Crippen molar-refractivity contribution in [1.82, 2.24) is 5.32 Å². The van der Waals surface area contributed by atoms with Gasteiger partial charge in [0.05, 0.1) is 12.7 Å². The third kappa shape index (κ3) is 6.81. The molecule has 0 rings (SSSR count). The average molecular weight is 226 g/mol. The van der Waals surface area contributed by atoms with Crippen LogP contribution in [0.1, 0.15) is 47.5 Å². The van der Waals surface area contributed by atoms with Crippen molar-refractivity contribution < 1.29 is 4.74 Å².